The maximum Gasteiger partial charge on any atom is 0.339 e. The topological polar surface area (TPSA) is 95.1 Å². The van der Waals surface area contributed by atoms with Crippen molar-refractivity contribution in [2.75, 3.05) is 0 Å². The summed E-state index contributed by atoms with van der Waals surface area (Å²) in [5.74, 6) is -0.0964. The molecule has 1 fully saturated rings. The average molecular weight is 582 g/mol. The van der Waals surface area contributed by atoms with Gasteiger partial charge in [-0.05, 0) is 65.4 Å². The summed E-state index contributed by atoms with van der Waals surface area (Å²) in [7, 11) is 1.83. The van der Waals surface area contributed by atoms with Crippen LogP contribution in [-0.4, -0.2) is 35.9 Å². The lowest BCUT2D eigenvalue weighted by molar-refractivity contribution is 0.0695. The summed E-state index contributed by atoms with van der Waals surface area (Å²) < 4.78 is 9.80. The van der Waals surface area contributed by atoms with Gasteiger partial charge in [0.1, 0.15) is 17.4 Å². The third-order valence-electron chi connectivity index (χ3n) is 8.24. The van der Waals surface area contributed by atoms with Crippen LogP contribution in [0.1, 0.15) is 58.6 Å². The number of benzene rings is 4. The Morgan fingerprint density at radius 1 is 0.864 bits per heavy atom. The van der Waals surface area contributed by atoms with Gasteiger partial charge in [-0.2, -0.15) is 5.10 Å². The maximum absolute atomic E-state index is 12.1. The molecule has 8 nitrogen and oxygen atoms in total. The van der Waals surface area contributed by atoms with Crippen molar-refractivity contribution in [1.82, 2.24) is 24.8 Å². The molecule has 4 aromatic carbocycles. The molecule has 7 rings (SSSR count). The number of aryl methyl sites for hydroxylation is 1. The number of hydrogen-bond donors (Lipinski definition) is 1. The maximum atomic E-state index is 12.1. The molecule has 0 amide bonds. The van der Waals surface area contributed by atoms with Gasteiger partial charge in [0.2, 0.25) is 0 Å². The lowest BCUT2D eigenvalue weighted by Gasteiger charge is -2.17. The summed E-state index contributed by atoms with van der Waals surface area (Å²) in [5, 5.41) is 22.8. The Morgan fingerprint density at radius 3 is 2.30 bits per heavy atom. The number of carboxylic acids is 1. The molecule has 0 spiro atoms. The molecule has 1 aliphatic rings. The largest absolute Gasteiger partial charge is 0.486 e. The van der Waals surface area contributed by atoms with Crippen LogP contribution in [0.25, 0.3) is 27.9 Å². The fourth-order valence-electron chi connectivity index (χ4n) is 5.86. The van der Waals surface area contributed by atoms with Gasteiger partial charge in [-0.3, -0.25) is 4.68 Å². The van der Waals surface area contributed by atoms with E-state index in [-0.39, 0.29) is 23.5 Å². The van der Waals surface area contributed by atoms with Crippen molar-refractivity contribution in [2.24, 2.45) is 7.05 Å². The standard InChI is InChI=1S/C36H31N5O3/c1-23(24-14-16-26(17-15-24)25-8-4-3-5-9-25)44-30-13-7-11-28(19-30)27-10-6-12-29(18-27)41-35(33(21-37-41)36(42)43)32-20-31(32)34-22-40(2)39-38-34/h3-19,21-23,31-32H,20H2,1-2H3,(H,42,43)/t23?,31-,32-/m0/s1. The summed E-state index contributed by atoms with van der Waals surface area (Å²) >= 11 is 0. The molecule has 0 saturated heterocycles. The zero-order valence-corrected chi connectivity index (χ0v) is 24.4. The molecular formula is C36H31N5O3. The van der Waals surface area contributed by atoms with Crippen LogP contribution >= 0.6 is 0 Å². The molecule has 1 N–H and O–H groups in total. The molecule has 8 heteroatoms. The van der Waals surface area contributed by atoms with Crippen LogP contribution in [-0.2, 0) is 7.05 Å². The van der Waals surface area contributed by atoms with Gasteiger partial charge >= 0.3 is 5.97 Å². The predicted octanol–water partition coefficient (Wildman–Crippen LogP) is 7.44. The molecule has 2 heterocycles. The molecular weight excluding hydrogens is 550 g/mol. The summed E-state index contributed by atoms with van der Waals surface area (Å²) in [6, 6.07) is 34.8. The molecule has 6 aromatic rings. The van der Waals surface area contributed by atoms with Gasteiger partial charge in [-0.15, -0.1) is 5.10 Å². The molecule has 0 aliphatic heterocycles. The fraction of sp³-hybridized carbons (Fsp3) is 0.167. The third-order valence-corrected chi connectivity index (χ3v) is 8.24. The first-order valence-electron chi connectivity index (χ1n) is 14.6. The van der Waals surface area contributed by atoms with Crippen LogP contribution in [0.15, 0.2) is 116 Å². The van der Waals surface area contributed by atoms with Crippen molar-refractivity contribution in [3.8, 4) is 33.7 Å². The van der Waals surface area contributed by atoms with Gasteiger partial charge in [0.05, 0.1) is 23.3 Å². The molecule has 1 unspecified atom stereocenters. The fourth-order valence-corrected chi connectivity index (χ4v) is 5.86. The lowest BCUT2D eigenvalue weighted by Crippen LogP contribution is -2.06. The number of carbonyl (C=O) groups is 1. The van der Waals surface area contributed by atoms with E-state index in [9.17, 15) is 9.90 Å². The SMILES string of the molecule is CC(Oc1cccc(-c2cccc(-n3ncc(C(=O)O)c3[C@H]3C[C@@H]3c3cn(C)nn3)c2)c1)c1ccc(-c2ccccc2)cc1. The highest BCUT2D eigenvalue weighted by Gasteiger charge is 2.46. The monoisotopic (exact) mass is 581 g/mol. The molecule has 0 bridgehead atoms. The first kappa shape index (κ1) is 27.3. The molecule has 44 heavy (non-hydrogen) atoms. The number of rotatable bonds is 9. The molecule has 2 aromatic heterocycles. The zero-order chi connectivity index (χ0) is 30.2. The van der Waals surface area contributed by atoms with Gasteiger partial charge in [-0.1, -0.05) is 84.1 Å². The second-order valence-corrected chi connectivity index (χ2v) is 11.3. The number of aromatic nitrogens is 5. The Kier molecular flexibility index (Phi) is 7.02. The second-order valence-electron chi connectivity index (χ2n) is 11.3. The number of nitrogens with zero attached hydrogens (tertiary/aromatic N) is 5. The van der Waals surface area contributed by atoms with Crippen LogP contribution in [0.5, 0.6) is 5.75 Å². The average Bonchev–Trinajstić information content (AvgIpc) is 3.50. The van der Waals surface area contributed by atoms with Crippen molar-refractivity contribution in [3.63, 3.8) is 0 Å². The van der Waals surface area contributed by atoms with E-state index in [1.165, 1.54) is 17.3 Å². The highest BCUT2D eigenvalue weighted by molar-refractivity contribution is 5.89. The summed E-state index contributed by atoms with van der Waals surface area (Å²) in [4.78, 5) is 12.1. The van der Waals surface area contributed by atoms with E-state index in [4.69, 9.17) is 4.74 Å². The Hall–Kier alpha value is -5.50. The smallest absolute Gasteiger partial charge is 0.339 e. The van der Waals surface area contributed by atoms with Gasteiger partial charge < -0.3 is 9.84 Å². The molecule has 1 saturated carbocycles. The highest BCUT2D eigenvalue weighted by Crippen LogP contribution is 2.55. The van der Waals surface area contributed by atoms with Crippen LogP contribution in [0.2, 0.25) is 0 Å². The van der Waals surface area contributed by atoms with Crippen LogP contribution in [0.3, 0.4) is 0 Å². The minimum atomic E-state index is -0.985. The number of hydrogen-bond acceptors (Lipinski definition) is 5. The van der Waals surface area contributed by atoms with Crippen LogP contribution in [0, 0.1) is 0 Å². The minimum absolute atomic E-state index is 0.00364. The predicted molar refractivity (Wildman–Crippen MR) is 168 cm³/mol. The van der Waals surface area contributed by atoms with Crippen LogP contribution < -0.4 is 4.74 Å². The van der Waals surface area contributed by atoms with Gasteiger partial charge in [-0.25, -0.2) is 9.48 Å². The Bertz CT molecular complexity index is 1940. The molecule has 3 atom stereocenters. The van der Waals surface area contributed by atoms with E-state index >= 15 is 0 Å². The van der Waals surface area contributed by atoms with Crippen molar-refractivity contribution < 1.29 is 14.6 Å². The molecule has 0 radical (unpaired) electrons. The van der Waals surface area contributed by atoms with Crippen molar-refractivity contribution in [2.45, 2.75) is 31.3 Å². The normalized spacial score (nSPS) is 16.4. The first-order chi connectivity index (χ1) is 21.4. The van der Waals surface area contributed by atoms with E-state index in [0.717, 1.165) is 40.2 Å². The quantitative estimate of drug-likeness (QED) is 0.191. The Labute approximate surface area is 255 Å². The van der Waals surface area contributed by atoms with Gasteiger partial charge in [0, 0.05) is 25.1 Å². The summed E-state index contributed by atoms with van der Waals surface area (Å²) in [5.41, 5.74) is 8.00. The number of carboxylic acid groups (broad SMARTS) is 1. The summed E-state index contributed by atoms with van der Waals surface area (Å²) in [6.45, 7) is 2.05. The van der Waals surface area contributed by atoms with Crippen molar-refractivity contribution in [3.05, 3.63) is 138 Å². The highest BCUT2D eigenvalue weighted by atomic mass is 16.5. The Balaban J connectivity index is 1.12. The Morgan fingerprint density at radius 2 is 1.57 bits per heavy atom. The zero-order valence-electron chi connectivity index (χ0n) is 24.4. The number of aromatic carboxylic acids is 1. The molecule has 1 aliphatic carbocycles. The van der Waals surface area contributed by atoms with Crippen LogP contribution in [0.4, 0.5) is 0 Å². The van der Waals surface area contributed by atoms with E-state index < -0.39 is 5.97 Å². The van der Waals surface area contributed by atoms with Gasteiger partial charge in [0.25, 0.3) is 0 Å². The minimum Gasteiger partial charge on any atom is -0.486 e. The van der Waals surface area contributed by atoms with Gasteiger partial charge in [0.15, 0.2) is 0 Å². The van der Waals surface area contributed by atoms with Crippen molar-refractivity contribution >= 4 is 5.97 Å². The van der Waals surface area contributed by atoms with E-state index in [1.807, 2.05) is 80.0 Å². The second kappa shape index (κ2) is 11.3. The van der Waals surface area contributed by atoms with E-state index in [1.54, 1.807) is 9.36 Å². The summed E-state index contributed by atoms with van der Waals surface area (Å²) in [6.07, 6.45) is 4.00. The third kappa shape index (κ3) is 5.38. The number of ether oxygens (including phenoxy) is 1. The van der Waals surface area contributed by atoms with E-state index in [2.05, 4.69) is 58.7 Å². The molecule has 218 valence electrons. The lowest BCUT2D eigenvalue weighted by atomic mass is 10.0. The first-order valence-corrected chi connectivity index (χ1v) is 14.6. The van der Waals surface area contributed by atoms with Crippen molar-refractivity contribution in [1.29, 1.82) is 0 Å². The van der Waals surface area contributed by atoms with E-state index in [0.29, 0.717) is 5.69 Å².